The lowest BCUT2D eigenvalue weighted by atomic mass is 10.1. The van der Waals surface area contributed by atoms with Crippen LogP contribution in [-0.2, 0) is 16.0 Å². The van der Waals surface area contributed by atoms with Gasteiger partial charge in [-0.2, -0.15) is 0 Å². The Hall–Kier alpha value is -2.63. The number of nitrogens with two attached hydrogens (primary N) is 1. The molecular formula is C17H19N3O3. The number of esters is 1. The summed E-state index contributed by atoms with van der Waals surface area (Å²) in [5.74, 6) is 0.226. The molecule has 6 nitrogen and oxygen atoms in total. The highest BCUT2D eigenvalue weighted by molar-refractivity contribution is 5.76. The number of hydrogen-bond acceptors (Lipinski definition) is 5. The molecule has 2 aromatic rings. The number of carbonyl (C=O) groups is 1. The quantitative estimate of drug-likeness (QED) is 0.690. The first-order valence-corrected chi connectivity index (χ1v) is 7.67. The van der Waals surface area contributed by atoms with E-state index >= 15 is 0 Å². The third-order valence-corrected chi connectivity index (χ3v) is 4.02. The number of anilines is 1. The van der Waals surface area contributed by atoms with Gasteiger partial charge in [0.25, 0.3) is 5.56 Å². The molecule has 0 radical (unpaired) electrons. The summed E-state index contributed by atoms with van der Waals surface area (Å²) < 4.78 is 6.48. The molecule has 0 fully saturated rings. The van der Waals surface area contributed by atoms with Crippen molar-refractivity contribution in [1.29, 1.82) is 0 Å². The van der Waals surface area contributed by atoms with Crippen LogP contribution in [0.5, 0.6) is 0 Å². The van der Waals surface area contributed by atoms with Crippen molar-refractivity contribution >= 4 is 11.7 Å². The number of hydrogen-bond donors (Lipinski definition) is 1. The Kier molecular flexibility index (Phi) is 3.90. The first-order valence-electron chi connectivity index (χ1n) is 7.67. The maximum Gasteiger partial charge on any atom is 0.329 e. The van der Waals surface area contributed by atoms with Crippen LogP contribution in [0.15, 0.2) is 29.1 Å². The predicted molar refractivity (Wildman–Crippen MR) is 87.1 cm³/mol. The van der Waals surface area contributed by atoms with Gasteiger partial charge in [0.05, 0.1) is 12.3 Å². The van der Waals surface area contributed by atoms with Gasteiger partial charge in [-0.3, -0.25) is 9.36 Å². The molecule has 120 valence electrons. The van der Waals surface area contributed by atoms with Crippen LogP contribution in [0.3, 0.4) is 0 Å². The lowest BCUT2D eigenvalue weighted by Gasteiger charge is -2.14. The largest absolute Gasteiger partial charge is 0.464 e. The molecule has 0 bridgehead atoms. The van der Waals surface area contributed by atoms with Crippen molar-refractivity contribution in [1.82, 2.24) is 9.55 Å². The number of fused-ring (bicyclic) bond motifs is 1. The molecule has 1 aromatic heterocycles. The van der Waals surface area contributed by atoms with Crippen molar-refractivity contribution in [2.24, 2.45) is 0 Å². The van der Waals surface area contributed by atoms with E-state index in [0.717, 1.165) is 11.1 Å². The van der Waals surface area contributed by atoms with Gasteiger partial charge in [0.2, 0.25) is 0 Å². The number of benzene rings is 1. The highest BCUT2D eigenvalue weighted by Gasteiger charge is 2.31. The van der Waals surface area contributed by atoms with Gasteiger partial charge < -0.3 is 10.5 Å². The molecule has 1 aliphatic heterocycles. The molecule has 2 N–H and O–H groups in total. The zero-order chi connectivity index (χ0) is 16.6. The van der Waals surface area contributed by atoms with Gasteiger partial charge in [0, 0.05) is 23.7 Å². The third kappa shape index (κ3) is 2.72. The van der Waals surface area contributed by atoms with E-state index in [1.165, 1.54) is 10.6 Å². The molecule has 1 atom stereocenters. The van der Waals surface area contributed by atoms with Crippen LogP contribution in [0.2, 0.25) is 0 Å². The lowest BCUT2D eigenvalue weighted by Crippen LogP contribution is -2.29. The first-order chi connectivity index (χ1) is 11.0. The average Bonchev–Trinajstić information content (AvgIpc) is 2.94. The zero-order valence-corrected chi connectivity index (χ0v) is 13.2. The van der Waals surface area contributed by atoms with Crippen molar-refractivity contribution in [3.63, 3.8) is 0 Å². The summed E-state index contributed by atoms with van der Waals surface area (Å²) in [6, 6.07) is 6.49. The van der Waals surface area contributed by atoms with Crippen LogP contribution in [-0.4, -0.2) is 22.1 Å². The minimum atomic E-state index is -0.575. The summed E-state index contributed by atoms with van der Waals surface area (Å²) in [7, 11) is 0. The van der Waals surface area contributed by atoms with Gasteiger partial charge in [-0.1, -0.05) is 11.6 Å². The van der Waals surface area contributed by atoms with E-state index in [-0.39, 0.29) is 11.5 Å². The molecule has 6 heteroatoms. The molecule has 0 saturated heterocycles. The van der Waals surface area contributed by atoms with Gasteiger partial charge in [-0.15, -0.1) is 0 Å². The van der Waals surface area contributed by atoms with E-state index in [2.05, 4.69) is 4.98 Å². The van der Waals surface area contributed by atoms with E-state index in [4.69, 9.17) is 10.5 Å². The predicted octanol–water partition coefficient (Wildman–Crippen LogP) is 1.85. The second-order valence-corrected chi connectivity index (χ2v) is 5.66. The maximum atomic E-state index is 12.5. The highest BCUT2D eigenvalue weighted by atomic mass is 16.5. The van der Waals surface area contributed by atoms with Crippen LogP contribution in [0.25, 0.3) is 11.3 Å². The fraction of sp³-hybridized carbons (Fsp3) is 0.353. The lowest BCUT2D eigenvalue weighted by molar-refractivity contribution is -0.147. The normalized spacial score (nSPS) is 16.2. The number of aromatic nitrogens is 2. The second kappa shape index (κ2) is 5.87. The Morgan fingerprint density at radius 1 is 1.43 bits per heavy atom. The first kappa shape index (κ1) is 15.3. The number of rotatable bonds is 3. The second-order valence-electron chi connectivity index (χ2n) is 5.66. The average molecular weight is 313 g/mol. The smallest absolute Gasteiger partial charge is 0.329 e. The molecule has 1 unspecified atom stereocenters. The maximum absolute atomic E-state index is 12.5. The van der Waals surface area contributed by atoms with Crippen molar-refractivity contribution in [2.75, 3.05) is 12.3 Å². The summed E-state index contributed by atoms with van der Waals surface area (Å²) >= 11 is 0. The number of nitrogen functional groups attached to an aromatic ring is 1. The van der Waals surface area contributed by atoms with E-state index in [0.29, 0.717) is 36.7 Å². The number of carbonyl (C=O) groups excluding carboxylic acids is 1. The molecule has 1 aromatic carbocycles. The van der Waals surface area contributed by atoms with E-state index in [1.54, 1.807) is 13.0 Å². The van der Waals surface area contributed by atoms with Crippen molar-refractivity contribution in [3.8, 4) is 11.3 Å². The Morgan fingerprint density at radius 2 is 2.22 bits per heavy atom. The van der Waals surface area contributed by atoms with Crippen LogP contribution in [0, 0.1) is 6.92 Å². The third-order valence-electron chi connectivity index (χ3n) is 4.02. The van der Waals surface area contributed by atoms with Crippen molar-refractivity contribution in [3.05, 3.63) is 46.0 Å². The van der Waals surface area contributed by atoms with Crippen LogP contribution < -0.4 is 11.3 Å². The fourth-order valence-electron chi connectivity index (χ4n) is 2.94. The highest BCUT2D eigenvalue weighted by Crippen LogP contribution is 2.28. The summed E-state index contributed by atoms with van der Waals surface area (Å²) in [5, 5.41) is 0. The minimum Gasteiger partial charge on any atom is -0.464 e. The van der Waals surface area contributed by atoms with Crippen LogP contribution in [0.1, 0.15) is 30.8 Å². The Morgan fingerprint density at radius 3 is 2.96 bits per heavy atom. The Labute approximate surface area is 133 Å². The molecule has 2 heterocycles. The summed E-state index contributed by atoms with van der Waals surface area (Å²) in [4.78, 5) is 29.0. The number of nitrogens with zero attached hydrogens (tertiary/aromatic N) is 2. The van der Waals surface area contributed by atoms with Crippen LogP contribution >= 0.6 is 0 Å². The summed E-state index contributed by atoms with van der Waals surface area (Å²) in [6.45, 7) is 4.00. The summed E-state index contributed by atoms with van der Waals surface area (Å²) in [6.07, 6.45) is 1.10. The van der Waals surface area contributed by atoms with E-state index in [1.807, 2.05) is 19.1 Å². The molecule has 0 aliphatic carbocycles. The minimum absolute atomic E-state index is 0.249. The molecule has 0 saturated carbocycles. The Bertz CT molecular complexity index is 826. The molecule has 1 aliphatic rings. The van der Waals surface area contributed by atoms with Gasteiger partial charge in [0.15, 0.2) is 0 Å². The molecule has 0 amide bonds. The number of ether oxygens (including phenoxy) is 1. The van der Waals surface area contributed by atoms with Gasteiger partial charge in [-0.05, 0) is 32.4 Å². The fourth-order valence-corrected chi connectivity index (χ4v) is 2.94. The molecule has 0 spiro atoms. The van der Waals surface area contributed by atoms with Crippen LogP contribution in [0.4, 0.5) is 5.69 Å². The Balaban J connectivity index is 2.06. The monoisotopic (exact) mass is 313 g/mol. The van der Waals surface area contributed by atoms with Gasteiger partial charge in [-0.25, -0.2) is 9.78 Å². The van der Waals surface area contributed by atoms with Gasteiger partial charge in [0.1, 0.15) is 11.9 Å². The topological polar surface area (TPSA) is 87.2 Å². The zero-order valence-electron chi connectivity index (χ0n) is 13.2. The van der Waals surface area contributed by atoms with Gasteiger partial charge >= 0.3 is 5.97 Å². The SMILES string of the molecule is CCOC(=O)C1CCc2nc(-c3cc(C)ccc3N)cc(=O)n21. The summed E-state index contributed by atoms with van der Waals surface area (Å²) in [5.41, 5.74) is 8.67. The van der Waals surface area contributed by atoms with E-state index < -0.39 is 6.04 Å². The molecule has 23 heavy (non-hydrogen) atoms. The molecular weight excluding hydrogens is 294 g/mol. The molecule has 3 rings (SSSR count). The van der Waals surface area contributed by atoms with E-state index in [9.17, 15) is 9.59 Å². The standard InChI is InChI=1S/C17H19N3O3/c1-3-23-17(22)14-6-7-15-19-13(9-16(21)20(14)15)11-8-10(2)4-5-12(11)18/h4-5,8-9,14H,3,6-7,18H2,1-2H3. The number of aryl methyl sites for hydroxylation is 2. The van der Waals surface area contributed by atoms with Crippen molar-refractivity contribution < 1.29 is 9.53 Å². The van der Waals surface area contributed by atoms with Crippen molar-refractivity contribution in [2.45, 2.75) is 32.7 Å².